The van der Waals surface area contributed by atoms with E-state index in [-0.39, 0.29) is 5.78 Å². The van der Waals surface area contributed by atoms with Crippen molar-refractivity contribution < 1.29 is 4.79 Å². The van der Waals surface area contributed by atoms with Crippen LogP contribution in [0.3, 0.4) is 0 Å². The number of hydrogen-bond donors (Lipinski definition) is 0. The van der Waals surface area contributed by atoms with Crippen molar-refractivity contribution in [3.05, 3.63) is 51.5 Å². The molecule has 0 bridgehead atoms. The molecular formula is C12H10BrClN2O. The molecule has 0 radical (unpaired) electrons. The first-order chi connectivity index (χ1) is 8.13. The highest BCUT2D eigenvalue weighted by molar-refractivity contribution is 9.10. The second-order valence-electron chi connectivity index (χ2n) is 3.49. The smallest absolute Gasteiger partial charge is 0.229 e. The van der Waals surface area contributed by atoms with Gasteiger partial charge in [0.05, 0.1) is 0 Å². The summed E-state index contributed by atoms with van der Waals surface area (Å²) in [6, 6.07) is 5.13. The van der Waals surface area contributed by atoms with Gasteiger partial charge in [0.1, 0.15) is 0 Å². The standard InChI is InChI=1S/C12H10BrClN2O/c1-2-16-6-5-15-12(16)11(17)9-7-8(14)3-4-10(9)13/h3-7H,2H2,1H3. The summed E-state index contributed by atoms with van der Waals surface area (Å²) in [7, 11) is 0. The molecule has 0 unspecified atom stereocenters. The van der Waals surface area contributed by atoms with Gasteiger partial charge in [0.15, 0.2) is 5.82 Å². The molecule has 1 aromatic heterocycles. The molecule has 1 aromatic carbocycles. The van der Waals surface area contributed by atoms with Crippen molar-refractivity contribution in [2.75, 3.05) is 0 Å². The Morgan fingerprint density at radius 2 is 2.29 bits per heavy atom. The molecule has 0 spiro atoms. The Hall–Kier alpha value is -1.13. The molecule has 0 saturated heterocycles. The van der Waals surface area contributed by atoms with Gasteiger partial charge in [0.25, 0.3) is 0 Å². The molecule has 0 saturated carbocycles. The maximum absolute atomic E-state index is 12.3. The number of hydrogen-bond acceptors (Lipinski definition) is 2. The molecule has 88 valence electrons. The Bertz CT molecular complexity index is 565. The van der Waals surface area contributed by atoms with E-state index < -0.39 is 0 Å². The maximum atomic E-state index is 12.3. The minimum Gasteiger partial charge on any atom is -0.328 e. The first-order valence-corrected chi connectivity index (χ1v) is 6.31. The SMILES string of the molecule is CCn1ccnc1C(=O)c1cc(Cl)ccc1Br. The van der Waals surface area contributed by atoms with Gasteiger partial charge in [-0.05, 0) is 25.1 Å². The summed E-state index contributed by atoms with van der Waals surface area (Å²) < 4.78 is 2.52. The molecule has 3 nitrogen and oxygen atoms in total. The van der Waals surface area contributed by atoms with Crippen LogP contribution in [0.15, 0.2) is 35.1 Å². The molecule has 1 heterocycles. The Morgan fingerprint density at radius 3 is 3.00 bits per heavy atom. The number of carbonyl (C=O) groups is 1. The topological polar surface area (TPSA) is 34.9 Å². The van der Waals surface area contributed by atoms with Gasteiger partial charge in [-0.1, -0.05) is 27.5 Å². The largest absolute Gasteiger partial charge is 0.328 e. The molecule has 0 aliphatic heterocycles. The molecule has 5 heteroatoms. The summed E-state index contributed by atoms with van der Waals surface area (Å²) in [5.41, 5.74) is 0.526. The van der Waals surface area contributed by atoms with Crippen molar-refractivity contribution in [3.8, 4) is 0 Å². The van der Waals surface area contributed by atoms with Crippen molar-refractivity contribution in [1.82, 2.24) is 9.55 Å². The molecule has 17 heavy (non-hydrogen) atoms. The van der Waals surface area contributed by atoms with Crippen molar-refractivity contribution in [2.45, 2.75) is 13.5 Å². The van der Waals surface area contributed by atoms with Crippen LogP contribution in [0, 0.1) is 0 Å². The van der Waals surface area contributed by atoms with Crippen LogP contribution in [0.1, 0.15) is 23.1 Å². The van der Waals surface area contributed by atoms with Gasteiger partial charge >= 0.3 is 0 Å². The van der Waals surface area contributed by atoms with Gasteiger partial charge in [-0.3, -0.25) is 4.79 Å². The summed E-state index contributed by atoms with van der Waals surface area (Å²) in [5, 5.41) is 0.533. The number of aryl methyl sites for hydroxylation is 1. The number of halogens is 2. The van der Waals surface area contributed by atoms with Crippen LogP contribution in [-0.4, -0.2) is 15.3 Å². The van der Waals surface area contributed by atoms with Gasteiger partial charge in [-0.2, -0.15) is 0 Å². The second kappa shape index (κ2) is 5.02. The molecule has 0 atom stereocenters. The third-order valence-corrected chi connectivity index (χ3v) is 3.36. The van der Waals surface area contributed by atoms with Crippen molar-refractivity contribution in [3.63, 3.8) is 0 Å². The second-order valence-corrected chi connectivity index (χ2v) is 4.78. The number of imidazole rings is 1. The van der Waals surface area contributed by atoms with Gasteiger partial charge < -0.3 is 4.57 Å². The summed E-state index contributed by atoms with van der Waals surface area (Å²) >= 11 is 9.24. The minimum atomic E-state index is -0.133. The van der Waals surface area contributed by atoms with Crippen LogP contribution in [0.5, 0.6) is 0 Å². The fourth-order valence-corrected chi connectivity index (χ4v) is 2.16. The monoisotopic (exact) mass is 312 g/mol. The van der Waals surface area contributed by atoms with E-state index in [9.17, 15) is 4.79 Å². The lowest BCUT2D eigenvalue weighted by atomic mass is 10.1. The van der Waals surface area contributed by atoms with Crippen LogP contribution in [0.2, 0.25) is 5.02 Å². The molecule has 2 aromatic rings. The van der Waals surface area contributed by atoms with E-state index in [1.165, 1.54) is 0 Å². The number of rotatable bonds is 3. The summed E-state index contributed by atoms with van der Waals surface area (Å²) in [6.45, 7) is 2.67. The molecular weight excluding hydrogens is 304 g/mol. The Balaban J connectivity index is 2.47. The lowest BCUT2D eigenvalue weighted by Crippen LogP contribution is -2.11. The van der Waals surface area contributed by atoms with Crippen molar-refractivity contribution in [1.29, 1.82) is 0 Å². The number of ketones is 1. The summed E-state index contributed by atoms with van der Waals surface area (Å²) in [4.78, 5) is 16.4. The van der Waals surface area contributed by atoms with E-state index in [2.05, 4.69) is 20.9 Å². The van der Waals surface area contributed by atoms with E-state index in [4.69, 9.17) is 11.6 Å². The van der Waals surface area contributed by atoms with Crippen LogP contribution in [-0.2, 0) is 6.54 Å². The number of carbonyl (C=O) groups excluding carboxylic acids is 1. The normalized spacial score (nSPS) is 10.5. The van der Waals surface area contributed by atoms with Crippen LogP contribution < -0.4 is 0 Å². The van der Waals surface area contributed by atoms with Crippen molar-refractivity contribution in [2.24, 2.45) is 0 Å². The first kappa shape index (κ1) is 12.3. The van der Waals surface area contributed by atoms with E-state index in [1.807, 2.05) is 6.92 Å². The zero-order chi connectivity index (χ0) is 12.4. The number of aromatic nitrogens is 2. The van der Waals surface area contributed by atoms with Gasteiger partial charge in [0.2, 0.25) is 5.78 Å². The van der Waals surface area contributed by atoms with Gasteiger partial charge in [-0.15, -0.1) is 0 Å². The molecule has 0 aliphatic rings. The van der Waals surface area contributed by atoms with E-state index in [0.29, 0.717) is 23.0 Å². The first-order valence-electron chi connectivity index (χ1n) is 5.14. The van der Waals surface area contributed by atoms with Crippen LogP contribution in [0.25, 0.3) is 0 Å². The molecule has 0 aliphatic carbocycles. The minimum absolute atomic E-state index is 0.133. The zero-order valence-electron chi connectivity index (χ0n) is 9.15. The molecule has 2 rings (SSSR count). The zero-order valence-corrected chi connectivity index (χ0v) is 11.5. The predicted molar refractivity (Wildman–Crippen MR) is 70.5 cm³/mol. The van der Waals surface area contributed by atoms with Gasteiger partial charge in [-0.25, -0.2) is 4.98 Å². The average molecular weight is 314 g/mol. The summed E-state index contributed by atoms with van der Waals surface area (Å²) in [5.74, 6) is 0.293. The quantitative estimate of drug-likeness (QED) is 0.812. The Labute approximate surface area is 113 Å². The Morgan fingerprint density at radius 1 is 1.53 bits per heavy atom. The number of nitrogens with zero attached hydrogens (tertiary/aromatic N) is 2. The third-order valence-electron chi connectivity index (χ3n) is 2.43. The van der Waals surface area contributed by atoms with Crippen LogP contribution in [0.4, 0.5) is 0 Å². The predicted octanol–water partition coefficient (Wildman–Crippen LogP) is 3.55. The highest BCUT2D eigenvalue weighted by Gasteiger charge is 2.17. The highest BCUT2D eigenvalue weighted by Crippen LogP contribution is 2.23. The van der Waals surface area contributed by atoms with E-state index in [1.54, 1.807) is 35.2 Å². The molecule has 0 amide bonds. The Kier molecular flexibility index (Phi) is 3.64. The summed E-state index contributed by atoms with van der Waals surface area (Å²) in [6.07, 6.45) is 3.40. The van der Waals surface area contributed by atoms with E-state index >= 15 is 0 Å². The maximum Gasteiger partial charge on any atom is 0.229 e. The number of benzene rings is 1. The fourth-order valence-electron chi connectivity index (χ4n) is 1.57. The van der Waals surface area contributed by atoms with Crippen LogP contribution >= 0.6 is 27.5 Å². The third kappa shape index (κ3) is 2.42. The lowest BCUT2D eigenvalue weighted by Gasteiger charge is -2.06. The van der Waals surface area contributed by atoms with E-state index in [0.717, 1.165) is 4.47 Å². The molecule has 0 N–H and O–H groups in total. The lowest BCUT2D eigenvalue weighted by molar-refractivity contribution is 0.102. The highest BCUT2D eigenvalue weighted by atomic mass is 79.9. The average Bonchev–Trinajstić information content (AvgIpc) is 2.79. The fraction of sp³-hybridized carbons (Fsp3) is 0.167. The van der Waals surface area contributed by atoms with Gasteiger partial charge in [0, 0.05) is 34.0 Å². The molecule has 0 fully saturated rings. The van der Waals surface area contributed by atoms with Crippen molar-refractivity contribution >= 4 is 33.3 Å².